The van der Waals surface area contributed by atoms with E-state index in [1.54, 1.807) is 48.5 Å². The zero-order valence-electron chi connectivity index (χ0n) is 16.0. The molecule has 0 aliphatic carbocycles. The molecule has 1 amide bonds. The summed E-state index contributed by atoms with van der Waals surface area (Å²) in [7, 11) is 2.85. The maximum atomic E-state index is 12.4. The summed E-state index contributed by atoms with van der Waals surface area (Å²) in [6, 6.07) is 13.5. The van der Waals surface area contributed by atoms with Crippen LogP contribution < -0.4 is 10.8 Å². The van der Waals surface area contributed by atoms with E-state index < -0.39 is 12.0 Å². The lowest BCUT2D eigenvalue weighted by Gasteiger charge is -2.13. The van der Waals surface area contributed by atoms with Crippen LogP contribution in [-0.4, -0.2) is 25.8 Å². The van der Waals surface area contributed by atoms with Crippen LogP contribution in [0.4, 0.5) is 8.78 Å². The van der Waals surface area contributed by atoms with Gasteiger partial charge in [-0.1, -0.05) is 54.2 Å². The summed E-state index contributed by atoms with van der Waals surface area (Å²) in [5.41, 5.74) is 5.38. The van der Waals surface area contributed by atoms with E-state index in [1.165, 1.54) is 14.2 Å². The number of hydrogen-bond acceptors (Lipinski definition) is 5. The molecule has 152 valence electrons. The van der Waals surface area contributed by atoms with E-state index in [2.05, 4.69) is 22.5 Å². The number of halogens is 2. The van der Waals surface area contributed by atoms with Gasteiger partial charge in [0.05, 0.1) is 5.70 Å². The van der Waals surface area contributed by atoms with Gasteiger partial charge in [-0.2, -0.15) is 8.78 Å². The fourth-order valence-electron chi connectivity index (χ4n) is 2.50. The lowest BCUT2D eigenvalue weighted by Crippen LogP contribution is -2.29. The Hall–Kier alpha value is -3.52. The number of amides is 1. The number of likely N-dealkylation sites (N-methyl/N-ethyl adjacent to an activating group) is 1. The Balaban J connectivity index is 2.10. The molecular formula is C21H21F2N3O3. The molecule has 6 nitrogen and oxygen atoms in total. The van der Waals surface area contributed by atoms with Gasteiger partial charge in [-0.05, 0) is 22.8 Å². The monoisotopic (exact) mass is 401 g/mol. The molecule has 0 saturated heterocycles. The molecule has 2 N–H and O–H groups in total. The van der Waals surface area contributed by atoms with Crippen molar-refractivity contribution in [3.63, 3.8) is 0 Å². The minimum absolute atomic E-state index is 0.0909. The lowest BCUT2D eigenvalue weighted by atomic mass is 10.0. The first-order valence-electron chi connectivity index (χ1n) is 8.57. The number of rotatable bonds is 9. The Kier molecular flexibility index (Phi) is 8.05. The minimum atomic E-state index is -1.78. The van der Waals surface area contributed by atoms with Crippen LogP contribution in [0.15, 0.2) is 66.3 Å². The van der Waals surface area contributed by atoms with Crippen molar-refractivity contribution in [2.24, 2.45) is 5.16 Å². The number of oxime groups is 1. The highest BCUT2D eigenvalue weighted by molar-refractivity contribution is 6.45. The average Bonchev–Trinajstić information content (AvgIpc) is 2.71. The van der Waals surface area contributed by atoms with Gasteiger partial charge in [-0.25, -0.2) is 0 Å². The van der Waals surface area contributed by atoms with Gasteiger partial charge in [0.15, 0.2) is 5.71 Å². The summed E-state index contributed by atoms with van der Waals surface area (Å²) < 4.78 is 24.9. The Labute approximate surface area is 167 Å². The summed E-state index contributed by atoms with van der Waals surface area (Å²) in [6.07, 6.45) is -1.01. The predicted molar refractivity (Wildman–Crippen MR) is 108 cm³/mol. The van der Waals surface area contributed by atoms with E-state index >= 15 is 0 Å². The summed E-state index contributed by atoms with van der Waals surface area (Å²) in [6.45, 7) is 3.94. The summed E-state index contributed by atoms with van der Waals surface area (Å²) in [4.78, 5) is 22.4. The second kappa shape index (κ2) is 10.7. The van der Waals surface area contributed by atoms with Gasteiger partial charge < -0.3 is 10.2 Å². The van der Waals surface area contributed by atoms with E-state index in [0.29, 0.717) is 28.0 Å². The third-order valence-corrected chi connectivity index (χ3v) is 3.83. The molecule has 0 radical (unpaired) electrons. The highest BCUT2D eigenvalue weighted by Gasteiger charge is 2.17. The SMILES string of the molecule is C=C(NOCc1ccccc1C(=NOC)C(=O)NC)c1cccc(C=C(F)F)c1. The number of carbonyl (C=O) groups is 1. The summed E-state index contributed by atoms with van der Waals surface area (Å²) in [5, 5.41) is 6.31. The van der Waals surface area contributed by atoms with E-state index in [9.17, 15) is 13.6 Å². The van der Waals surface area contributed by atoms with Crippen molar-refractivity contribution in [3.05, 3.63) is 83.4 Å². The van der Waals surface area contributed by atoms with Gasteiger partial charge in [0.1, 0.15) is 13.7 Å². The first-order valence-corrected chi connectivity index (χ1v) is 8.57. The standard InChI is InChI=1S/C21H21F2N3O3/c1-14(16-9-6-7-15(11-16)12-19(22)23)25-29-13-17-8-4-5-10-18(17)20(26-28-3)21(27)24-2/h4-12,25H,1,13H2,2-3H3,(H,24,27). The van der Waals surface area contributed by atoms with E-state index in [1.807, 2.05) is 0 Å². The summed E-state index contributed by atoms with van der Waals surface area (Å²) >= 11 is 0. The van der Waals surface area contributed by atoms with Gasteiger partial charge in [0.2, 0.25) is 0 Å². The Bertz CT molecular complexity index is 938. The van der Waals surface area contributed by atoms with Gasteiger partial charge >= 0.3 is 0 Å². The zero-order valence-corrected chi connectivity index (χ0v) is 16.0. The van der Waals surface area contributed by atoms with Crippen LogP contribution in [0.2, 0.25) is 0 Å². The smallest absolute Gasteiger partial charge is 0.273 e. The van der Waals surface area contributed by atoms with Crippen LogP contribution in [0.25, 0.3) is 11.8 Å². The molecule has 0 spiro atoms. The maximum Gasteiger partial charge on any atom is 0.273 e. The van der Waals surface area contributed by atoms with Crippen molar-refractivity contribution in [2.45, 2.75) is 6.61 Å². The molecule has 0 aromatic heterocycles. The Morgan fingerprint density at radius 2 is 1.97 bits per heavy atom. The first kappa shape index (κ1) is 21.8. The Morgan fingerprint density at radius 3 is 2.66 bits per heavy atom. The van der Waals surface area contributed by atoms with Crippen LogP contribution in [-0.2, 0) is 21.1 Å². The van der Waals surface area contributed by atoms with Crippen molar-refractivity contribution in [3.8, 4) is 0 Å². The van der Waals surface area contributed by atoms with Gasteiger partial charge in [-0.15, -0.1) is 0 Å². The number of nitrogens with zero attached hydrogens (tertiary/aromatic N) is 1. The van der Waals surface area contributed by atoms with E-state index in [-0.39, 0.29) is 12.3 Å². The van der Waals surface area contributed by atoms with Crippen molar-refractivity contribution >= 4 is 23.4 Å². The summed E-state index contributed by atoms with van der Waals surface area (Å²) in [5.74, 6) is -0.401. The molecule has 2 aromatic carbocycles. The number of nitrogens with one attached hydrogen (secondary N) is 2. The van der Waals surface area contributed by atoms with Crippen LogP contribution in [0.5, 0.6) is 0 Å². The van der Waals surface area contributed by atoms with E-state index in [0.717, 1.165) is 6.08 Å². The second-order valence-electron chi connectivity index (χ2n) is 5.79. The molecule has 0 fully saturated rings. The van der Waals surface area contributed by atoms with Crippen LogP contribution in [0.3, 0.4) is 0 Å². The molecule has 0 saturated carbocycles. The molecule has 2 rings (SSSR count). The first-order chi connectivity index (χ1) is 14.0. The fraction of sp³-hybridized carbons (Fsp3) is 0.143. The van der Waals surface area contributed by atoms with Crippen molar-refractivity contribution in [2.75, 3.05) is 14.2 Å². The molecule has 0 aliphatic heterocycles. The highest BCUT2D eigenvalue weighted by atomic mass is 19.3. The molecular weight excluding hydrogens is 380 g/mol. The van der Waals surface area contributed by atoms with Gasteiger partial charge in [-0.3, -0.25) is 15.1 Å². The number of benzene rings is 2. The topological polar surface area (TPSA) is 71.9 Å². The number of hydrogen-bond donors (Lipinski definition) is 2. The fourth-order valence-corrected chi connectivity index (χ4v) is 2.50. The van der Waals surface area contributed by atoms with Crippen molar-refractivity contribution in [1.29, 1.82) is 0 Å². The van der Waals surface area contributed by atoms with Crippen LogP contribution >= 0.6 is 0 Å². The molecule has 0 unspecified atom stereocenters. The van der Waals surface area contributed by atoms with Gasteiger partial charge in [0.25, 0.3) is 12.0 Å². The van der Waals surface area contributed by atoms with Crippen molar-refractivity contribution < 1.29 is 23.3 Å². The van der Waals surface area contributed by atoms with Crippen LogP contribution in [0.1, 0.15) is 22.3 Å². The second-order valence-corrected chi connectivity index (χ2v) is 5.79. The molecule has 0 heterocycles. The molecule has 2 aromatic rings. The molecule has 0 bridgehead atoms. The van der Waals surface area contributed by atoms with E-state index in [4.69, 9.17) is 9.68 Å². The quantitative estimate of drug-likeness (QED) is 0.496. The van der Waals surface area contributed by atoms with Gasteiger partial charge in [0, 0.05) is 18.7 Å². The normalized spacial score (nSPS) is 10.8. The lowest BCUT2D eigenvalue weighted by molar-refractivity contribution is -0.114. The molecule has 0 atom stereocenters. The minimum Gasteiger partial charge on any atom is -0.398 e. The molecule has 29 heavy (non-hydrogen) atoms. The largest absolute Gasteiger partial charge is 0.398 e. The Morgan fingerprint density at radius 1 is 1.21 bits per heavy atom. The third kappa shape index (κ3) is 6.25. The third-order valence-electron chi connectivity index (χ3n) is 3.83. The molecule has 0 aliphatic rings. The number of hydroxylamine groups is 1. The van der Waals surface area contributed by atoms with Crippen molar-refractivity contribution in [1.82, 2.24) is 10.8 Å². The number of carbonyl (C=O) groups excluding carboxylic acids is 1. The average molecular weight is 401 g/mol. The molecule has 8 heteroatoms. The zero-order chi connectivity index (χ0) is 21.2. The van der Waals surface area contributed by atoms with Crippen LogP contribution in [0, 0.1) is 0 Å². The predicted octanol–water partition coefficient (Wildman–Crippen LogP) is 3.71. The highest BCUT2D eigenvalue weighted by Crippen LogP contribution is 2.17. The maximum absolute atomic E-state index is 12.4.